The maximum Gasteiger partial charge on any atom is 0.243 e. The molecule has 1 saturated heterocycles. The van der Waals surface area contributed by atoms with E-state index in [1.165, 1.54) is 16.6 Å². The Morgan fingerprint density at radius 3 is 2.82 bits per heavy atom. The number of fused-ring (bicyclic) bond motifs is 1. The number of nitrogens with one attached hydrogen (secondary N) is 2. The standard InChI is InChI=1S/C23H35FN4O4S/c1-15-6-7-20(24)19-13-21(26-22(15)19)23(30)25-16-4-3-5-17(12-16)27-9-8-18(14-27)28(10-11-29)33(2,31)32/h6-7,16-18,21,26,29H,3-5,8-14H2,1-2H3,(H,25,30)/t16-,17-,18+,21?/m1/s1. The zero-order valence-corrected chi connectivity index (χ0v) is 20.2. The van der Waals surface area contributed by atoms with Crippen LogP contribution in [0.3, 0.4) is 0 Å². The summed E-state index contributed by atoms with van der Waals surface area (Å²) in [5.41, 5.74) is 2.25. The van der Waals surface area contributed by atoms with Gasteiger partial charge in [-0.15, -0.1) is 0 Å². The maximum absolute atomic E-state index is 14.2. The lowest BCUT2D eigenvalue weighted by Gasteiger charge is -2.36. The van der Waals surface area contributed by atoms with Gasteiger partial charge in [0.05, 0.1) is 12.9 Å². The van der Waals surface area contributed by atoms with Crippen molar-refractivity contribution in [1.29, 1.82) is 0 Å². The number of hydrogen-bond donors (Lipinski definition) is 3. The van der Waals surface area contributed by atoms with Gasteiger partial charge < -0.3 is 15.7 Å². The van der Waals surface area contributed by atoms with Crippen LogP contribution >= 0.6 is 0 Å². The van der Waals surface area contributed by atoms with Gasteiger partial charge in [-0.05, 0) is 50.7 Å². The van der Waals surface area contributed by atoms with Gasteiger partial charge in [0.25, 0.3) is 0 Å². The molecular formula is C23H35FN4O4S. The molecule has 2 fully saturated rings. The number of aliphatic hydroxyl groups is 1. The van der Waals surface area contributed by atoms with Gasteiger partial charge in [-0.25, -0.2) is 12.8 Å². The molecule has 1 saturated carbocycles. The van der Waals surface area contributed by atoms with E-state index in [0.29, 0.717) is 18.5 Å². The van der Waals surface area contributed by atoms with Crippen molar-refractivity contribution >= 4 is 21.6 Å². The zero-order valence-electron chi connectivity index (χ0n) is 19.4. The van der Waals surface area contributed by atoms with Crippen LogP contribution in [-0.4, -0.2) is 85.3 Å². The summed E-state index contributed by atoms with van der Waals surface area (Å²) in [6, 6.07) is 2.93. The number of rotatable bonds is 7. The van der Waals surface area contributed by atoms with Crippen LogP contribution in [0.5, 0.6) is 0 Å². The number of benzene rings is 1. The highest BCUT2D eigenvalue weighted by atomic mass is 32.2. The van der Waals surface area contributed by atoms with Gasteiger partial charge in [-0.3, -0.25) is 9.69 Å². The topological polar surface area (TPSA) is 102 Å². The van der Waals surface area contributed by atoms with Gasteiger partial charge in [-0.1, -0.05) is 6.07 Å². The molecule has 0 aromatic heterocycles. The summed E-state index contributed by atoms with van der Waals surface area (Å²) in [5, 5.41) is 15.7. The fraction of sp³-hybridized carbons (Fsp3) is 0.696. The van der Waals surface area contributed by atoms with E-state index >= 15 is 0 Å². The van der Waals surface area contributed by atoms with Crippen LogP contribution in [0.25, 0.3) is 0 Å². The van der Waals surface area contributed by atoms with E-state index in [1.807, 2.05) is 6.92 Å². The fourth-order valence-electron chi connectivity index (χ4n) is 5.71. The SMILES string of the molecule is Cc1ccc(F)c2c1NC(C(=O)N[C@@H]1CCC[C@@H](N3CC[C@H](N(CCO)S(C)(=O)=O)C3)C1)C2. The summed E-state index contributed by atoms with van der Waals surface area (Å²) in [6.07, 6.45) is 6.04. The second-order valence-corrected chi connectivity index (χ2v) is 11.6. The van der Waals surface area contributed by atoms with Crippen molar-refractivity contribution in [2.24, 2.45) is 0 Å². The molecule has 1 amide bonds. The summed E-state index contributed by atoms with van der Waals surface area (Å²) in [7, 11) is -3.37. The quantitative estimate of drug-likeness (QED) is 0.540. The number of carbonyl (C=O) groups is 1. The van der Waals surface area contributed by atoms with E-state index in [-0.39, 0.29) is 43.0 Å². The minimum Gasteiger partial charge on any atom is -0.395 e. The number of sulfonamides is 1. The number of halogens is 1. The molecule has 2 heterocycles. The molecule has 0 bridgehead atoms. The lowest BCUT2D eigenvalue weighted by molar-refractivity contribution is -0.122. The molecule has 2 aliphatic heterocycles. The molecule has 3 aliphatic rings. The van der Waals surface area contributed by atoms with Gasteiger partial charge in [-0.2, -0.15) is 4.31 Å². The number of likely N-dealkylation sites (tertiary alicyclic amines) is 1. The summed E-state index contributed by atoms with van der Waals surface area (Å²) < 4.78 is 39.9. The van der Waals surface area contributed by atoms with Crippen molar-refractivity contribution in [3.05, 3.63) is 29.1 Å². The number of anilines is 1. The lowest BCUT2D eigenvalue weighted by Crippen LogP contribution is -2.49. The first-order valence-corrected chi connectivity index (χ1v) is 13.7. The third-order valence-corrected chi connectivity index (χ3v) is 8.70. The first-order chi connectivity index (χ1) is 15.7. The van der Waals surface area contributed by atoms with Gasteiger partial charge in [0.2, 0.25) is 15.9 Å². The summed E-state index contributed by atoms with van der Waals surface area (Å²) in [6.45, 7) is 3.30. The Morgan fingerprint density at radius 2 is 2.12 bits per heavy atom. The third-order valence-electron chi connectivity index (χ3n) is 7.37. The molecular weight excluding hydrogens is 447 g/mol. The Labute approximate surface area is 195 Å². The van der Waals surface area contributed by atoms with Gasteiger partial charge in [0.1, 0.15) is 11.9 Å². The van der Waals surface area contributed by atoms with Crippen LogP contribution in [0.4, 0.5) is 10.1 Å². The molecule has 1 aliphatic carbocycles. The van der Waals surface area contributed by atoms with E-state index in [9.17, 15) is 22.7 Å². The summed E-state index contributed by atoms with van der Waals surface area (Å²) >= 11 is 0. The van der Waals surface area contributed by atoms with Crippen LogP contribution in [0.15, 0.2) is 12.1 Å². The molecule has 33 heavy (non-hydrogen) atoms. The molecule has 3 N–H and O–H groups in total. The molecule has 8 nitrogen and oxygen atoms in total. The number of amides is 1. The summed E-state index contributed by atoms with van der Waals surface area (Å²) in [5.74, 6) is -0.370. The molecule has 10 heteroatoms. The molecule has 1 aromatic rings. The second kappa shape index (κ2) is 9.85. The third kappa shape index (κ3) is 5.34. The largest absolute Gasteiger partial charge is 0.395 e. The molecule has 0 spiro atoms. The van der Waals surface area contributed by atoms with Crippen molar-refractivity contribution in [2.45, 2.75) is 69.6 Å². The fourth-order valence-corrected chi connectivity index (χ4v) is 6.84. The first-order valence-electron chi connectivity index (χ1n) is 11.8. The number of aryl methyl sites for hydroxylation is 1. The minimum atomic E-state index is -3.37. The molecule has 1 unspecified atom stereocenters. The van der Waals surface area contributed by atoms with Gasteiger partial charge >= 0.3 is 0 Å². The Balaban J connectivity index is 1.33. The average Bonchev–Trinajstić information content (AvgIpc) is 3.42. The Bertz CT molecular complexity index is 958. The van der Waals surface area contributed by atoms with Crippen LogP contribution in [0.1, 0.15) is 43.2 Å². The van der Waals surface area contributed by atoms with Crippen molar-refractivity contribution in [3.63, 3.8) is 0 Å². The Morgan fingerprint density at radius 1 is 1.33 bits per heavy atom. The van der Waals surface area contributed by atoms with Crippen LogP contribution < -0.4 is 10.6 Å². The number of aliphatic hydroxyl groups excluding tert-OH is 1. The highest BCUT2D eigenvalue weighted by Crippen LogP contribution is 2.32. The van der Waals surface area contributed by atoms with E-state index in [4.69, 9.17) is 0 Å². The highest BCUT2D eigenvalue weighted by molar-refractivity contribution is 7.88. The van der Waals surface area contributed by atoms with E-state index in [0.717, 1.165) is 49.9 Å². The smallest absolute Gasteiger partial charge is 0.243 e. The monoisotopic (exact) mass is 482 g/mol. The Kier molecular flexibility index (Phi) is 7.28. The van der Waals surface area contributed by atoms with Crippen molar-refractivity contribution in [1.82, 2.24) is 14.5 Å². The first kappa shape index (κ1) is 24.4. The van der Waals surface area contributed by atoms with Crippen LogP contribution in [-0.2, 0) is 21.2 Å². The van der Waals surface area contributed by atoms with E-state index in [1.54, 1.807) is 6.07 Å². The van der Waals surface area contributed by atoms with Crippen LogP contribution in [0, 0.1) is 12.7 Å². The zero-order chi connectivity index (χ0) is 23.8. The van der Waals surface area contributed by atoms with Crippen molar-refractivity contribution in [3.8, 4) is 0 Å². The molecule has 0 radical (unpaired) electrons. The maximum atomic E-state index is 14.2. The van der Waals surface area contributed by atoms with E-state index < -0.39 is 16.1 Å². The Hall–Kier alpha value is -1.75. The predicted molar refractivity (Wildman–Crippen MR) is 125 cm³/mol. The number of nitrogens with zero attached hydrogens (tertiary/aromatic N) is 2. The molecule has 4 atom stereocenters. The molecule has 184 valence electrons. The van der Waals surface area contributed by atoms with Gasteiger partial charge in [0.15, 0.2) is 0 Å². The second-order valence-electron chi connectivity index (χ2n) is 9.68. The minimum absolute atomic E-state index is 0.0511. The molecule has 4 rings (SSSR count). The summed E-state index contributed by atoms with van der Waals surface area (Å²) in [4.78, 5) is 15.3. The normalized spacial score (nSPS) is 28.0. The van der Waals surface area contributed by atoms with Crippen LogP contribution in [0.2, 0.25) is 0 Å². The lowest BCUT2D eigenvalue weighted by atomic mass is 9.89. The number of hydrogen-bond acceptors (Lipinski definition) is 6. The molecule has 1 aromatic carbocycles. The number of carbonyl (C=O) groups excluding carboxylic acids is 1. The van der Waals surface area contributed by atoms with Crippen molar-refractivity contribution in [2.75, 3.05) is 37.8 Å². The highest BCUT2D eigenvalue weighted by Gasteiger charge is 2.38. The van der Waals surface area contributed by atoms with E-state index in [2.05, 4.69) is 15.5 Å². The predicted octanol–water partition coefficient (Wildman–Crippen LogP) is 1.23. The average molecular weight is 483 g/mol. The van der Waals surface area contributed by atoms with Crippen molar-refractivity contribution < 1.29 is 22.7 Å². The van der Waals surface area contributed by atoms with Gasteiger partial charge in [0, 0.05) is 55.4 Å².